The highest BCUT2D eigenvalue weighted by Crippen LogP contribution is 2.18. The number of sulfone groups is 1. The number of aromatic nitrogens is 2. The first kappa shape index (κ1) is 13.6. The van der Waals surface area contributed by atoms with Crippen LogP contribution >= 0.6 is 0 Å². The highest BCUT2D eigenvalue weighted by molar-refractivity contribution is 7.91. The van der Waals surface area contributed by atoms with Crippen molar-refractivity contribution < 1.29 is 13.5 Å². The summed E-state index contributed by atoms with van der Waals surface area (Å²) >= 11 is 0. The molecule has 1 aromatic carbocycles. The number of imidazole rings is 1. The number of anilines is 1. The molecule has 3 N–H and O–H groups in total. The number of nitrogen functional groups attached to an aromatic ring is 1. The number of benzene rings is 1. The van der Waals surface area contributed by atoms with Crippen molar-refractivity contribution in [2.24, 2.45) is 0 Å². The van der Waals surface area contributed by atoms with Crippen molar-refractivity contribution >= 4 is 15.5 Å². The van der Waals surface area contributed by atoms with Crippen LogP contribution in [0.15, 0.2) is 47.9 Å². The normalized spacial score (nSPS) is 13.3. The molecular weight excluding hydrogens is 266 g/mol. The van der Waals surface area contributed by atoms with Crippen molar-refractivity contribution in [3.05, 3.63) is 43.0 Å². The summed E-state index contributed by atoms with van der Waals surface area (Å²) in [6.07, 6.45) is 4.65. The Bertz CT molecular complexity index is 621. The van der Waals surface area contributed by atoms with Crippen LogP contribution < -0.4 is 5.73 Å². The van der Waals surface area contributed by atoms with Gasteiger partial charge in [0.05, 0.1) is 29.6 Å². The molecule has 0 saturated carbocycles. The molecule has 0 amide bonds. The van der Waals surface area contributed by atoms with E-state index in [2.05, 4.69) is 4.98 Å². The van der Waals surface area contributed by atoms with Crippen LogP contribution in [0, 0.1) is 0 Å². The van der Waals surface area contributed by atoms with Crippen molar-refractivity contribution in [3.8, 4) is 0 Å². The summed E-state index contributed by atoms with van der Waals surface area (Å²) in [5.41, 5.74) is 6.03. The molecule has 0 aliphatic heterocycles. The zero-order valence-electron chi connectivity index (χ0n) is 10.2. The zero-order chi connectivity index (χ0) is 13.9. The lowest BCUT2D eigenvalue weighted by Gasteiger charge is -2.15. The third-order valence-electron chi connectivity index (χ3n) is 2.81. The lowest BCUT2D eigenvalue weighted by Crippen LogP contribution is -2.22. The van der Waals surface area contributed by atoms with Gasteiger partial charge in [-0.25, -0.2) is 13.4 Å². The monoisotopic (exact) mass is 281 g/mol. The third-order valence-corrected chi connectivity index (χ3v) is 4.62. The number of nitrogens with two attached hydrogens (primary N) is 1. The molecule has 1 heterocycles. The highest BCUT2D eigenvalue weighted by atomic mass is 32.2. The first-order valence-corrected chi connectivity index (χ1v) is 7.35. The van der Waals surface area contributed by atoms with Crippen LogP contribution in [0.2, 0.25) is 0 Å². The predicted molar refractivity (Wildman–Crippen MR) is 71.3 cm³/mol. The summed E-state index contributed by atoms with van der Waals surface area (Å²) in [6, 6.07) is 5.46. The molecule has 1 unspecified atom stereocenters. The van der Waals surface area contributed by atoms with Crippen molar-refractivity contribution in [2.75, 3.05) is 18.1 Å². The van der Waals surface area contributed by atoms with Gasteiger partial charge in [0.15, 0.2) is 9.84 Å². The van der Waals surface area contributed by atoms with Gasteiger partial charge in [-0.05, 0) is 24.3 Å². The Kier molecular flexibility index (Phi) is 3.87. The van der Waals surface area contributed by atoms with E-state index in [1.807, 2.05) is 0 Å². The van der Waals surface area contributed by atoms with Crippen LogP contribution in [0.1, 0.15) is 6.04 Å². The van der Waals surface area contributed by atoms with Gasteiger partial charge in [-0.3, -0.25) is 0 Å². The molecule has 19 heavy (non-hydrogen) atoms. The first-order chi connectivity index (χ1) is 9.03. The number of rotatable bonds is 5. The molecule has 7 heteroatoms. The molecule has 0 aliphatic rings. The second-order valence-electron chi connectivity index (χ2n) is 4.20. The lowest BCUT2D eigenvalue weighted by molar-refractivity contribution is 0.239. The van der Waals surface area contributed by atoms with E-state index in [0.717, 1.165) is 0 Å². The van der Waals surface area contributed by atoms with E-state index in [1.165, 1.54) is 30.6 Å². The fraction of sp³-hybridized carbons (Fsp3) is 0.250. The van der Waals surface area contributed by atoms with Crippen molar-refractivity contribution in [1.29, 1.82) is 0 Å². The highest BCUT2D eigenvalue weighted by Gasteiger charge is 2.21. The first-order valence-electron chi connectivity index (χ1n) is 5.69. The second kappa shape index (κ2) is 5.41. The molecule has 0 saturated heterocycles. The SMILES string of the molecule is Nc1ccc(S(=O)(=O)CC(CO)n2ccnc2)cc1. The molecule has 1 aromatic heterocycles. The second-order valence-corrected chi connectivity index (χ2v) is 6.23. The van der Waals surface area contributed by atoms with Gasteiger partial charge in [0.1, 0.15) is 0 Å². The van der Waals surface area contributed by atoms with Gasteiger partial charge in [0.2, 0.25) is 0 Å². The van der Waals surface area contributed by atoms with E-state index in [9.17, 15) is 13.5 Å². The Hall–Kier alpha value is -1.86. The summed E-state index contributed by atoms with van der Waals surface area (Å²) in [5.74, 6) is -0.191. The summed E-state index contributed by atoms with van der Waals surface area (Å²) in [4.78, 5) is 4.04. The van der Waals surface area contributed by atoms with E-state index >= 15 is 0 Å². The number of aliphatic hydroxyl groups is 1. The molecule has 6 nitrogen and oxygen atoms in total. The maximum atomic E-state index is 12.2. The van der Waals surface area contributed by atoms with E-state index in [1.54, 1.807) is 17.0 Å². The van der Waals surface area contributed by atoms with Crippen molar-refractivity contribution in [1.82, 2.24) is 9.55 Å². The van der Waals surface area contributed by atoms with Crippen LogP contribution in [-0.2, 0) is 9.84 Å². The minimum Gasteiger partial charge on any atom is -0.399 e. The average molecular weight is 281 g/mol. The standard InChI is InChI=1S/C12H15N3O3S/c13-10-1-3-12(4-2-10)19(17,18)8-11(7-16)15-6-5-14-9-15/h1-6,9,11,16H,7-8,13H2. The van der Waals surface area contributed by atoms with Crippen LogP contribution in [0.25, 0.3) is 0 Å². The minimum atomic E-state index is -3.48. The number of nitrogens with zero attached hydrogens (tertiary/aromatic N) is 2. The summed E-state index contributed by atoms with van der Waals surface area (Å²) in [7, 11) is -3.48. The van der Waals surface area contributed by atoms with Gasteiger partial charge in [-0.2, -0.15) is 0 Å². The Morgan fingerprint density at radius 3 is 2.53 bits per heavy atom. The molecule has 0 aliphatic carbocycles. The maximum absolute atomic E-state index is 12.2. The summed E-state index contributed by atoms with van der Waals surface area (Å²) < 4.78 is 26.0. The van der Waals surface area contributed by atoms with Crippen LogP contribution in [0.5, 0.6) is 0 Å². The van der Waals surface area contributed by atoms with Crippen LogP contribution in [-0.4, -0.2) is 35.4 Å². The molecule has 0 bridgehead atoms. The summed E-state index contributed by atoms with van der Waals surface area (Å²) in [6.45, 7) is -0.273. The molecule has 1 atom stereocenters. The van der Waals surface area contributed by atoms with Crippen molar-refractivity contribution in [2.45, 2.75) is 10.9 Å². The van der Waals surface area contributed by atoms with Crippen molar-refractivity contribution in [3.63, 3.8) is 0 Å². The van der Waals surface area contributed by atoms with E-state index in [4.69, 9.17) is 5.73 Å². The van der Waals surface area contributed by atoms with Gasteiger partial charge < -0.3 is 15.4 Å². The fourth-order valence-electron chi connectivity index (χ4n) is 1.74. The van der Waals surface area contributed by atoms with Crippen LogP contribution in [0.3, 0.4) is 0 Å². The van der Waals surface area contributed by atoms with Gasteiger partial charge in [0.25, 0.3) is 0 Å². The van der Waals surface area contributed by atoms with Gasteiger partial charge in [-0.15, -0.1) is 0 Å². The Morgan fingerprint density at radius 2 is 2.00 bits per heavy atom. The molecule has 2 rings (SSSR count). The number of aliphatic hydroxyl groups excluding tert-OH is 1. The Balaban J connectivity index is 2.23. The maximum Gasteiger partial charge on any atom is 0.180 e. The van der Waals surface area contributed by atoms with E-state index in [0.29, 0.717) is 5.69 Å². The molecule has 102 valence electrons. The van der Waals surface area contributed by atoms with E-state index in [-0.39, 0.29) is 17.3 Å². The summed E-state index contributed by atoms with van der Waals surface area (Å²) in [5, 5.41) is 9.32. The molecule has 0 spiro atoms. The molecule has 2 aromatic rings. The Morgan fingerprint density at radius 1 is 1.32 bits per heavy atom. The van der Waals surface area contributed by atoms with Crippen LogP contribution in [0.4, 0.5) is 5.69 Å². The number of hydrogen-bond acceptors (Lipinski definition) is 5. The van der Waals surface area contributed by atoms with Gasteiger partial charge in [-0.1, -0.05) is 0 Å². The lowest BCUT2D eigenvalue weighted by atomic mass is 10.3. The van der Waals surface area contributed by atoms with Gasteiger partial charge in [0, 0.05) is 18.1 Å². The average Bonchev–Trinajstić information content (AvgIpc) is 2.90. The molecular formula is C12H15N3O3S. The number of hydrogen-bond donors (Lipinski definition) is 2. The molecule has 0 fully saturated rings. The fourth-order valence-corrected chi connectivity index (χ4v) is 3.27. The largest absolute Gasteiger partial charge is 0.399 e. The predicted octanol–water partition coefficient (Wildman–Crippen LogP) is 0.473. The zero-order valence-corrected chi connectivity index (χ0v) is 11.0. The van der Waals surface area contributed by atoms with E-state index < -0.39 is 15.9 Å². The molecule has 0 radical (unpaired) electrons. The topological polar surface area (TPSA) is 98.2 Å². The Labute approximate surface area is 111 Å². The quantitative estimate of drug-likeness (QED) is 0.776. The smallest absolute Gasteiger partial charge is 0.180 e. The third kappa shape index (κ3) is 3.12. The van der Waals surface area contributed by atoms with Gasteiger partial charge >= 0.3 is 0 Å². The minimum absolute atomic E-state index is 0.191.